The third-order valence-corrected chi connectivity index (χ3v) is 6.05. The molecule has 0 aromatic carbocycles. The van der Waals surface area contributed by atoms with Crippen LogP contribution in [0.3, 0.4) is 0 Å². The Bertz CT molecular complexity index is 585. The number of aromatic nitrogens is 4. The number of rotatable bonds is 4. The van der Waals surface area contributed by atoms with Crippen LogP contribution in [-0.4, -0.2) is 36.7 Å². The fourth-order valence-corrected chi connectivity index (χ4v) is 3.68. The van der Waals surface area contributed by atoms with Crippen molar-refractivity contribution in [3.05, 3.63) is 23.8 Å². The second-order valence-corrected chi connectivity index (χ2v) is 7.87. The molecule has 0 aliphatic carbocycles. The standard InChI is InChI=1S/C13H20N4S.Ga.H/c1-6-13(3,4)10-7-8-17(15-10)12-11(18)14-9(2)16(12)5;;/h7-8,18H,6H2,1-5H3;;/q;+1;/p-1. The quantitative estimate of drug-likeness (QED) is 0.806. The van der Waals surface area contributed by atoms with Crippen LogP contribution in [0, 0.1) is 6.92 Å². The predicted molar refractivity (Wildman–Crippen MR) is 81.4 cm³/mol. The number of hydrogen-bond donors (Lipinski definition) is 0. The Balaban J connectivity index is 2.49. The van der Waals surface area contributed by atoms with E-state index in [1.54, 1.807) is 9.70 Å². The van der Waals surface area contributed by atoms with Gasteiger partial charge >= 0.3 is 128 Å². The molecule has 0 unspecified atom stereocenters. The first-order chi connectivity index (χ1) is 8.90. The summed E-state index contributed by atoms with van der Waals surface area (Å²) in [7, 11) is 3.83. The molecule has 2 aromatic heterocycles. The second kappa shape index (κ2) is 5.42. The van der Waals surface area contributed by atoms with Crippen LogP contribution in [-0.2, 0) is 12.5 Å². The molecule has 0 aliphatic heterocycles. The van der Waals surface area contributed by atoms with Crippen molar-refractivity contribution in [2.24, 2.45) is 7.05 Å². The first-order valence-corrected chi connectivity index (χ1v) is 11.0. The number of aryl methyl sites for hydroxylation is 1. The average Bonchev–Trinajstić information content (AvgIpc) is 2.96. The minimum absolute atomic E-state index is 0.117. The van der Waals surface area contributed by atoms with E-state index in [1.165, 1.54) is 0 Å². The maximum atomic E-state index is 4.76. The van der Waals surface area contributed by atoms with Crippen molar-refractivity contribution in [2.45, 2.75) is 44.6 Å². The number of nitrogens with zero attached hydrogens (tertiary/aromatic N) is 4. The molecule has 0 bridgehead atoms. The van der Waals surface area contributed by atoms with Crippen LogP contribution >= 0.6 is 9.70 Å². The van der Waals surface area contributed by atoms with Crippen molar-refractivity contribution in [1.82, 2.24) is 19.3 Å². The molecule has 0 N–H and O–H groups in total. The van der Waals surface area contributed by atoms with Crippen LogP contribution in [0.2, 0.25) is 0 Å². The Morgan fingerprint density at radius 3 is 2.68 bits per heavy atom. The molecule has 2 aromatic rings. The topological polar surface area (TPSA) is 35.6 Å². The van der Waals surface area contributed by atoms with Gasteiger partial charge < -0.3 is 0 Å². The van der Waals surface area contributed by atoms with Crippen molar-refractivity contribution >= 4 is 27.1 Å². The summed E-state index contributed by atoms with van der Waals surface area (Å²) < 4.78 is 4.07. The average molecular weight is 334 g/mol. The van der Waals surface area contributed by atoms with Gasteiger partial charge in [-0.2, -0.15) is 0 Å². The molecule has 101 valence electrons. The van der Waals surface area contributed by atoms with E-state index in [2.05, 4.69) is 36.4 Å². The van der Waals surface area contributed by atoms with E-state index in [-0.39, 0.29) is 5.41 Å². The summed E-state index contributed by atoms with van der Waals surface area (Å²) in [5.41, 5.74) is 1.25. The molecule has 0 saturated carbocycles. The molecule has 6 heteroatoms. The van der Waals surface area contributed by atoms with E-state index in [0.29, 0.717) is 0 Å². The SMILES string of the molecule is CCC(C)(C)c1ccn(-c2c([S][GaH])nc(C)n2C)n1. The van der Waals surface area contributed by atoms with E-state index in [4.69, 9.17) is 5.10 Å². The Morgan fingerprint density at radius 2 is 2.11 bits per heavy atom. The van der Waals surface area contributed by atoms with Gasteiger partial charge in [0.2, 0.25) is 0 Å². The molecule has 0 aliphatic rings. The van der Waals surface area contributed by atoms with Crippen molar-refractivity contribution in [2.75, 3.05) is 0 Å². The normalized spacial score (nSPS) is 12.1. The number of hydrogen-bond acceptors (Lipinski definition) is 3. The molecule has 0 atom stereocenters. The second-order valence-electron chi connectivity index (χ2n) is 5.37. The van der Waals surface area contributed by atoms with Crippen LogP contribution in [0.25, 0.3) is 5.82 Å². The van der Waals surface area contributed by atoms with Gasteiger partial charge in [0.05, 0.1) is 0 Å². The predicted octanol–water partition coefficient (Wildman–Crippen LogP) is 2.51. The summed E-state index contributed by atoms with van der Waals surface area (Å²) >= 11 is 1.14. The van der Waals surface area contributed by atoms with Gasteiger partial charge in [-0.15, -0.1) is 0 Å². The summed E-state index contributed by atoms with van der Waals surface area (Å²) in [5.74, 6) is 2.10. The van der Waals surface area contributed by atoms with Crippen molar-refractivity contribution in [3.63, 3.8) is 0 Å². The summed E-state index contributed by atoms with van der Waals surface area (Å²) in [6, 6.07) is 2.12. The van der Waals surface area contributed by atoms with E-state index < -0.39 is 0 Å². The molecule has 0 fully saturated rings. The zero-order chi connectivity index (χ0) is 14.2. The molecular formula is C13H20GaN4S. The van der Waals surface area contributed by atoms with Gasteiger partial charge in [0.15, 0.2) is 0 Å². The Hall–Kier alpha value is -0.594. The van der Waals surface area contributed by atoms with Crippen LogP contribution in [0.5, 0.6) is 0 Å². The van der Waals surface area contributed by atoms with Gasteiger partial charge in [0, 0.05) is 0 Å². The molecule has 4 nitrogen and oxygen atoms in total. The first kappa shape index (κ1) is 14.8. The summed E-state index contributed by atoms with van der Waals surface area (Å²) in [4.78, 5) is 4.59. The van der Waals surface area contributed by atoms with E-state index in [1.807, 2.05) is 24.9 Å². The molecule has 2 rings (SSSR count). The summed E-state index contributed by atoms with van der Waals surface area (Å²) in [5, 5.41) is 5.84. The fraction of sp³-hybridized carbons (Fsp3) is 0.538. The fourth-order valence-electron chi connectivity index (χ4n) is 1.90. The zero-order valence-electron chi connectivity index (χ0n) is 12.3. The van der Waals surface area contributed by atoms with Crippen molar-refractivity contribution in [3.8, 4) is 5.82 Å². The van der Waals surface area contributed by atoms with Crippen LogP contribution in [0.1, 0.15) is 38.7 Å². The van der Waals surface area contributed by atoms with Crippen molar-refractivity contribution < 1.29 is 0 Å². The Morgan fingerprint density at radius 1 is 1.42 bits per heavy atom. The van der Waals surface area contributed by atoms with Gasteiger partial charge in [0.25, 0.3) is 0 Å². The molecule has 0 amide bonds. The molecule has 19 heavy (non-hydrogen) atoms. The van der Waals surface area contributed by atoms with Gasteiger partial charge in [-0.25, -0.2) is 0 Å². The minimum atomic E-state index is 0.117. The van der Waals surface area contributed by atoms with Crippen LogP contribution in [0.4, 0.5) is 0 Å². The first-order valence-electron chi connectivity index (χ1n) is 6.42. The molecule has 1 radical (unpaired) electrons. The van der Waals surface area contributed by atoms with Gasteiger partial charge in [-0.1, -0.05) is 0 Å². The van der Waals surface area contributed by atoms with Gasteiger partial charge in [-0.3, -0.25) is 0 Å². The van der Waals surface area contributed by atoms with Crippen molar-refractivity contribution in [1.29, 1.82) is 0 Å². The molecule has 0 spiro atoms. The zero-order valence-corrected chi connectivity index (χ0v) is 16.0. The van der Waals surface area contributed by atoms with E-state index in [0.717, 1.165) is 46.2 Å². The van der Waals surface area contributed by atoms with E-state index >= 15 is 0 Å². The van der Waals surface area contributed by atoms with Gasteiger partial charge in [0.1, 0.15) is 0 Å². The summed E-state index contributed by atoms with van der Waals surface area (Å²) in [6.07, 6.45) is 3.12. The Labute approximate surface area is 127 Å². The number of imidazole rings is 1. The van der Waals surface area contributed by atoms with Crippen LogP contribution < -0.4 is 0 Å². The van der Waals surface area contributed by atoms with E-state index in [9.17, 15) is 0 Å². The van der Waals surface area contributed by atoms with Crippen LogP contribution in [0.15, 0.2) is 17.3 Å². The Kier molecular flexibility index (Phi) is 4.22. The molecular weight excluding hydrogens is 314 g/mol. The van der Waals surface area contributed by atoms with Gasteiger partial charge in [-0.05, 0) is 0 Å². The maximum absolute atomic E-state index is 4.76. The third kappa shape index (κ3) is 2.66. The molecule has 0 saturated heterocycles. The monoisotopic (exact) mass is 333 g/mol. The summed E-state index contributed by atoms with van der Waals surface area (Å²) in [6.45, 7) is 8.70. The molecule has 2 heterocycles. The third-order valence-electron chi connectivity index (χ3n) is 3.78.